The lowest BCUT2D eigenvalue weighted by atomic mass is 9.79. The molecular formula is C15H21N7O. The first-order chi connectivity index (χ1) is 11.1. The number of hydrogen-bond donors (Lipinski definition) is 4. The van der Waals surface area contributed by atoms with Gasteiger partial charge in [0.15, 0.2) is 0 Å². The van der Waals surface area contributed by atoms with E-state index in [1.807, 2.05) is 6.07 Å². The van der Waals surface area contributed by atoms with E-state index in [0.29, 0.717) is 36.7 Å². The van der Waals surface area contributed by atoms with Gasteiger partial charge in [-0.3, -0.25) is 9.78 Å². The number of aromatic nitrogens is 4. The van der Waals surface area contributed by atoms with Crippen molar-refractivity contribution in [3.63, 3.8) is 0 Å². The zero-order valence-corrected chi connectivity index (χ0v) is 13.0. The van der Waals surface area contributed by atoms with E-state index in [9.17, 15) is 4.79 Å². The van der Waals surface area contributed by atoms with Gasteiger partial charge in [-0.25, -0.2) is 15.0 Å². The van der Waals surface area contributed by atoms with E-state index in [-0.39, 0.29) is 5.56 Å². The number of nitrogens with zero attached hydrogens (tertiary/aromatic N) is 3. The molecule has 2 aromatic rings. The van der Waals surface area contributed by atoms with Crippen LogP contribution in [0, 0.1) is 6.92 Å². The second-order valence-corrected chi connectivity index (χ2v) is 5.85. The van der Waals surface area contributed by atoms with Crippen molar-refractivity contribution < 1.29 is 0 Å². The zero-order valence-electron chi connectivity index (χ0n) is 13.0. The zero-order chi connectivity index (χ0) is 16.2. The van der Waals surface area contributed by atoms with E-state index in [2.05, 4.69) is 30.6 Å². The lowest BCUT2D eigenvalue weighted by Crippen LogP contribution is -2.35. The third-order valence-electron chi connectivity index (χ3n) is 3.87. The van der Waals surface area contributed by atoms with Crippen molar-refractivity contribution in [2.75, 3.05) is 23.7 Å². The normalized spacial score (nSPS) is 19.9. The molecular weight excluding hydrogens is 294 g/mol. The maximum absolute atomic E-state index is 11.3. The van der Waals surface area contributed by atoms with Gasteiger partial charge < -0.3 is 16.4 Å². The van der Waals surface area contributed by atoms with Crippen molar-refractivity contribution in [1.82, 2.24) is 19.9 Å². The van der Waals surface area contributed by atoms with Gasteiger partial charge in [0.2, 0.25) is 5.95 Å². The molecule has 8 heteroatoms. The highest BCUT2D eigenvalue weighted by atomic mass is 16.1. The molecule has 0 aliphatic heterocycles. The van der Waals surface area contributed by atoms with Crippen LogP contribution in [0.15, 0.2) is 23.3 Å². The fourth-order valence-corrected chi connectivity index (χ4v) is 2.63. The van der Waals surface area contributed by atoms with Crippen LogP contribution in [-0.4, -0.2) is 39.1 Å². The molecule has 1 aliphatic carbocycles. The number of nitrogens with two attached hydrogens (primary N) is 1. The van der Waals surface area contributed by atoms with Gasteiger partial charge in [-0.15, -0.1) is 0 Å². The van der Waals surface area contributed by atoms with E-state index in [1.165, 1.54) is 6.07 Å². The molecule has 8 nitrogen and oxygen atoms in total. The number of aromatic amines is 1. The summed E-state index contributed by atoms with van der Waals surface area (Å²) in [4.78, 5) is 26.7. The third kappa shape index (κ3) is 4.04. The second-order valence-electron chi connectivity index (χ2n) is 5.85. The number of nitrogens with one attached hydrogen (secondary N) is 3. The van der Waals surface area contributed by atoms with Gasteiger partial charge in [-0.1, -0.05) is 0 Å². The molecule has 0 saturated heterocycles. The van der Waals surface area contributed by atoms with Gasteiger partial charge in [0.05, 0.1) is 0 Å². The monoisotopic (exact) mass is 315 g/mol. The molecule has 0 spiro atoms. The number of hydrogen-bond acceptors (Lipinski definition) is 7. The minimum Gasteiger partial charge on any atom is -0.368 e. The molecule has 1 saturated carbocycles. The van der Waals surface area contributed by atoms with Crippen LogP contribution in [0.2, 0.25) is 0 Å². The number of aryl methyl sites for hydroxylation is 1. The average Bonchev–Trinajstić information content (AvgIpc) is 2.48. The second kappa shape index (κ2) is 6.74. The molecule has 0 amide bonds. The van der Waals surface area contributed by atoms with Gasteiger partial charge in [0.1, 0.15) is 12.1 Å². The molecule has 5 N–H and O–H groups in total. The van der Waals surface area contributed by atoms with Crippen LogP contribution in [0.25, 0.3) is 0 Å². The van der Waals surface area contributed by atoms with E-state index >= 15 is 0 Å². The van der Waals surface area contributed by atoms with Crippen molar-refractivity contribution in [1.29, 1.82) is 0 Å². The summed E-state index contributed by atoms with van der Waals surface area (Å²) < 4.78 is 0. The lowest BCUT2D eigenvalue weighted by Gasteiger charge is -2.31. The number of rotatable bonds is 6. The minimum absolute atomic E-state index is 0.160. The third-order valence-corrected chi connectivity index (χ3v) is 3.87. The summed E-state index contributed by atoms with van der Waals surface area (Å²) in [6, 6.07) is 3.74. The highest BCUT2D eigenvalue weighted by molar-refractivity contribution is 5.37. The van der Waals surface area contributed by atoms with Gasteiger partial charge in [0.25, 0.3) is 5.56 Å². The number of anilines is 2. The topological polar surface area (TPSA) is 122 Å². The van der Waals surface area contributed by atoms with Crippen molar-refractivity contribution in [3.8, 4) is 0 Å². The van der Waals surface area contributed by atoms with E-state index in [0.717, 1.165) is 24.4 Å². The smallest absolute Gasteiger partial charge is 0.252 e. The Morgan fingerprint density at radius 3 is 2.78 bits per heavy atom. The summed E-state index contributed by atoms with van der Waals surface area (Å²) in [5, 5.41) is 6.31. The average molecular weight is 315 g/mol. The van der Waals surface area contributed by atoms with Crippen LogP contribution < -0.4 is 21.9 Å². The van der Waals surface area contributed by atoms with Gasteiger partial charge in [-0.2, -0.15) is 0 Å². The predicted octanol–water partition coefficient (Wildman–Crippen LogP) is 0.597. The lowest BCUT2D eigenvalue weighted by molar-refractivity contribution is 0.345. The molecule has 1 fully saturated rings. The summed E-state index contributed by atoms with van der Waals surface area (Å²) in [6.45, 7) is 3.05. The molecule has 2 heterocycles. The molecule has 1 aliphatic rings. The maximum Gasteiger partial charge on any atom is 0.252 e. The Morgan fingerprint density at radius 2 is 2.04 bits per heavy atom. The summed E-state index contributed by atoms with van der Waals surface area (Å²) in [5.41, 5.74) is 7.39. The first-order valence-electron chi connectivity index (χ1n) is 7.73. The molecule has 0 unspecified atom stereocenters. The van der Waals surface area contributed by atoms with Crippen LogP contribution in [0.4, 0.5) is 11.8 Å². The quantitative estimate of drug-likeness (QED) is 0.576. The van der Waals surface area contributed by atoms with Crippen LogP contribution in [0.1, 0.15) is 30.1 Å². The van der Waals surface area contributed by atoms with E-state index in [1.54, 1.807) is 13.3 Å². The van der Waals surface area contributed by atoms with Crippen LogP contribution in [-0.2, 0) is 0 Å². The van der Waals surface area contributed by atoms with Crippen molar-refractivity contribution in [2.24, 2.45) is 5.73 Å². The van der Waals surface area contributed by atoms with Gasteiger partial charge >= 0.3 is 0 Å². The summed E-state index contributed by atoms with van der Waals surface area (Å²) in [7, 11) is 0. The molecule has 0 atom stereocenters. The highest BCUT2D eigenvalue weighted by Gasteiger charge is 2.28. The Labute approximate surface area is 134 Å². The minimum atomic E-state index is -0.160. The van der Waals surface area contributed by atoms with Crippen molar-refractivity contribution in [3.05, 3.63) is 40.2 Å². The summed E-state index contributed by atoms with van der Waals surface area (Å²) in [6.07, 6.45) is 3.56. The first kappa shape index (κ1) is 15.4. The van der Waals surface area contributed by atoms with Crippen LogP contribution in [0.3, 0.4) is 0 Å². The van der Waals surface area contributed by atoms with Crippen molar-refractivity contribution in [2.45, 2.75) is 31.7 Å². The maximum atomic E-state index is 11.3. The predicted molar refractivity (Wildman–Crippen MR) is 88.6 cm³/mol. The Bertz CT molecular complexity index is 724. The highest BCUT2D eigenvalue weighted by Crippen LogP contribution is 2.34. The Balaban J connectivity index is 1.49. The molecule has 122 valence electrons. The fraction of sp³-hybridized carbons (Fsp3) is 0.467. The molecule has 3 rings (SSSR count). The molecule has 0 aromatic carbocycles. The van der Waals surface area contributed by atoms with E-state index in [4.69, 9.17) is 5.73 Å². The standard InChI is InChI=1S/C15H21N7O/c1-9-4-14(23)22-15(21-9)18-3-2-17-13-7-12(19-8-20-13)10-5-11(16)6-10/h4,7-8,10-11H,2-3,5-6,16H2,1H3,(H,17,19,20)(H2,18,21,22,23). The fourth-order valence-electron chi connectivity index (χ4n) is 2.63. The molecule has 0 radical (unpaired) electrons. The largest absolute Gasteiger partial charge is 0.368 e. The summed E-state index contributed by atoms with van der Waals surface area (Å²) in [5.74, 6) is 1.72. The van der Waals surface area contributed by atoms with Crippen molar-refractivity contribution >= 4 is 11.8 Å². The first-order valence-corrected chi connectivity index (χ1v) is 7.73. The Morgan fingerprint density at radius 1 is 1.26 bits per heavy atom. The molecule has 23 heavy (non-hydrogen) atoms. The Kier molecular flexibility index (Phi) is 4.52. The van der Waals surface area contributed by atoms with Gasteiger partial charge in [-0.05, 0) is 19.8 Å². The van der Waals surface area contributed by atoms with Gasteiger partial charge in [0, 0.05) is 48.6 Å². The number of H-pyrrole nitrogens is 1. The van der Waals surface area contributed by atoms with E-state index < -0.39 is 0 Å². The van der Waals surface area contributed by atoms with Crippen LogP contribution in [0.5, 0.6) is 0 Å². The summed E-state index contributed by atoms with van der Waals surface area (Å²) >= 11 is 0. The molecule has 0 bridgehead atoms. The SMILES string of the molecule is Cc1cc(=O)[nH]c(NCCNc2cc(C3CC(N)C3)ncn2)n1. The van der Waals surface area contributed by atoms with Crippen LogP contribution >= 0.6 is 0 Å². The Hall–Kier alpha value is -2.48. The molecule has 2 aromatic heterocycles.